The number of aryl methyl sites for hydroxylation is 2. The van der Waals surface area contributed by atoms with Crippen molar-refractivity contribution in [2.45, 2.75) is 26.8 Å². The topological polar surface area (TPSA) is 43.8 Å². The summed E-state index contributed by atoms with van der Waals surface area (Å²) >= 11 is 0. The average molecular weight is 153 g/mol. The second kappa shape index (κ2) is 3.53. The molecule has 0 bridgehead atoms. The summed E-state index contributed by atoms with van der Waals surface area (Å²) in [6, 6.07) is 0. The molecule has 3 nitrogen and oxygen atoms in total. The molecule has 3 heteroatoms. The van der Waals surface area contributed by atoms with Crippen LogP contribution in [-0.4, -0.2) is 16.1 Å². The molecule has 0 saturated heterocycles. The molecule has 0 aliphatic heterocycles. The minimum atomic E-state index is 0.685. The third-order valence-corrected chi connectivity index (χ3v) is 1.85. The Kier molecular flexibility index (Phi) is 2.65. The number of nitrogens with zero attached hydrogens (tertiary/aromatic N) is 2. The van der Waals surface area contributed by atoms with E-state index in [2.05, 4.69) is 16.5 Å². The second-order valence-corrected chi connectivity index (χ2v) is 2.59. The molecule has 0 amide bonds. The highest BCUT2D eigenvalue weighted by atomic mass is 15.1. The van der Waals surface area contributed by atoms with Crippen molar-refractivity contribution in [3.63, 3.8) is 0 Å². The predicted octanol–water partition coefficient (Wildman–Crippen LogP) is 0.713. The third kappa shape index (κ3) is 1.60. The van der Waals surface area contributed by atoms with E-state index in [1.54, 1.807) is 0 Å². The Morgan fingerprint density at radius 3 is 2.91 bits per heavy atom. The number of hydrogen-bond donors (Lipinski definition) is 1. The maximum atomic E-state index is 5.46. The molecule has 2 N–H and O–H groups in total. The highest BCUT2D eigenvalue weighted by Crippen LogP contribution is 2.03. The fourth-order valence-electron chi connectivity index (χ4n) is 1.23. The Morgan fingerprint density at radius 2 is 2.36 bits per heavy atom. The maximum Gasteiger partial charge on any atom is 0.105 e. The Hall–Kier alpha value is -0.830. The van der Waals surface area contributed by atoms with Crippen molar-refractivity contribution in [3.05, 3.63) is 17.7 Å². The molecular formula is C8H15N3. The predicted molar refractivity (Wildman–Crippen MR) is 45.4 cm³/mol. The van der Waals surface area contributed by atoms with Crippen LogP contribution in [0.1, 0.15) is 18.4 Å². The van der Waals surface area contributed by atoms with E-state index < -0.39 is 0 Å². The van der Waals surface area contributed by atoms with Crippen LogP contribution < -0.4 is 5.73 Å². The van der Waals surface area contributed by atoms with Gasteiger partial charge in [0.25, 0.3) is 0 Å². The van der Waals surface area contributed by atoms with Crippen LogP contribution in [0.2, 0.25) is 0 Å². The van der Waals surface area contributed by atoms with Gasteiger partial charge in [-0.2, -0.15) is 0 Å². The standard InChI is InChI=1S/C8H15N3/c1-3-8-6-10-7(2)11(8)5-4-9/h6H,3-5,9H2,1-2H3. The largest absolute Gasteiger partial charge is 0.331 e. The maximum absolute atomic E-state index is 5.46. The molecule has 1 aromatic rings. The number of imidazole rings is 1. The van der Waals surface area contributed by atoms with E-state index >= 15 is 0 Å². The molecule has 0 saturated carbocycles. The summed E-state index contributed by atoms with van der Waals surface area (Å²) in [7, 11) is 0. The Balaban J connectivity index is 2.88. The van der Waals surface area contributed by atoms with Crippen LogP contribution in [0, 0.1) is 6.92 Å². The van der Waals surface area contributed by atoms with Crippen LogP contribution in [0.3, 0.4) is 0 Å². The molecule has 1 rings (SSSR count). The zero-order valence-corrected chi connectivity index (χ0v) is 7.17. The monoisotopic (exact) mass is 153 g/mol. The van der Waals surface area contributed by atoms with Gasteiger partial charge in [0, 0.05) is 25.0 Å². The smallest absolute Gasteiger partial charge is 0.105 e. The van der Waals surface area contributed by atoms with Gasteiger partial charge in [-0.25, -0.2) is 4.98 Å². The van der Waals surface area contributed by atoms with Crippen LogP contribution in [-0.2, 0) is 13.0 Å². The lowest BCUT2D eigenvalue weighted by Gasteiger charge is -2.05. The minimum absolute atomic E-state index is 0.685. The summed E-state index contributed by atoms with van der Waals surface area (Å²) in [5.74, 6) is 1.06. The summed E-state index contributed by atoms with van der Waals surface area (Å²) < 4.78 is 2.17. The highest BCUT2D eigenvalue weighted by molar-refractivity contribution is 5.03. The first-order valence-electron chi connectivity index (χ1n) is 4.00. The van der Waals surface area contributed by atoms with E-state index in [0.29, 0.717) is 6.54 Å². The normalized spacial score (nSPS) is 10.5. The average Bonchev–Trinajstić information content (AvgIpc) is 2.34. The lowest BCUT2D eigenvalue weighted by molar-refractivity contribution is 0.654. The molecule has 0 fully saturated rings. The molecule has 0 aliphatic rings. The van der Waals surface area contributed by atoms with Gasteiger partial charge in [-0.1, -0.05) is 6.92 Å². The summed E-state index contributed by atoms with van der Waals surface area (Å²) in [6.07, 6.45) is 2.95. The number of hydrogen-bond acceptors (Lipinski definition) is 2. The van der Waals surface area contributed by atoms with Crippen molar-refractivity contribution < 1.29 is 0 Å². The summed E-state index contributed by atoms with van der Waals surface area (Å²) in [5.41, 5.74) is 6.73. The Morgan fingerprint density at radius 1 is 1.64 bits per heavy atom. The van der Waals surface area contributed by atoms with Gasteiger partial charge >= 0.3 is 0 Å². The van der Waals surface area contributed by atoms with Gasteiger partial charge < -0.3 is 10.3 Å². The first kappa shape index (κ1) is 8.27. The molecule has 0 atom stereocenters. The molecule has 0 unspecified atom stereocenters. The lowest BCUT2D eigenvalue weighted by atomic mass is 10.3. The zero-order chi connectivity index (χ0) is 8.27. The quantitative estimate of drug-likeness (QED) is 0.695. The van der Waals surface area contributed by atoms with Gasteiger partial charge in [-0.3, -0.25) is 0 Å². The fourth-order valence-corrected chi connectivity index (χ4v) is 1.23. The van der Waals surface area contributed by atoms with Crippen LogP contribution in [0.4, 0.5) is 0 Å². The minimum Gasteiger partial charge on any atom is -0.331 e. The molecule has 0 aliphatic carbocycles. The van der Waals surface area contributed by atoms with Crippen molar-refractivity contribution >= 4 is 0 Å². The van der Waals surface area contributed by atoms with Crippen molar-refractivity contribution in [2.24, 2.45) is 5.73 Å². The van der Waals surface area contributed by atoms with Crippen molar-refractivity contribution in [1.82, 2.24) is 9.55 Å². The van der Waals surface area contributed by atoms with E-state index in [1.807, 2.05) is 13.1 Å². The van der Waals surface area contributed by atoms with E-state index in [1.165, 1.54) is 5.69 Å². The van der Waals surface area contributed by atoms with Crippen LogP contribution in [0.5, 0.6) is 0 Å². The number of nitrogens with two attached hydrogens (primary N) is 1. The first-order chi connectivity index (χ1) is 5.29. The Labute approximate surface area is 67.2 Å². The molecule has 1 heterocycles. The molecule has 0 aromatic carbocycles. The van der Waals surface area contributed by atoms with Crippen LogP contribution in [0.15, 0.2) is 6.20 Å². The molecule has 11 heavy (non-hydrogen) atoms. The van der Waals surface area contributed by atoms with E-state index in [9.17, 15) is 0 Å². The Bertz CT molecular complexity index is 227. The molecule has 0 radical (unpaired) electrons. The van der Waals surface area contributed by atoms with Gasteiger partial charge in [0.2, 0.25) is 0 Å². The van der Waals surface area contributed by atoms with Gasteiger partial charge in [0.05, 0.1) is 0 Å². The van der Waals surface area contributed by atoms with Crippen LogP contribution in [0.25, 0.3) is 0 Å². The molecule has 0 spiro atoms. The third-order valence-electron chi connectivity index (χ3n) is 1.85. The number of rotatable bonds is 3. The highest BCUT2D eigenvalue weighted by Gasteiger charge is 2.01. The van der Waals surface area contributed by atoms with Gasteiger partial charge in [-0.15, -0.1) is 0 Å². The van der Waals surface area contributed by atoms with Crippen molar-refractivity contribution in [3.8, 4) is 0 Å². The first-order valence-corrected chi connectivity index (χ1v) is 4.00. The van der Waals surface area contributed by atoms with Crippen LogP contribution >= 0.6 is 0 Å². The van der Waals surface area contributed by atoms with E-state index in [0.717, 1.165) is 18.8 Å². The zero-order valence-electron chi connectivity index (χ0n) is 7.17. The lowest BCUT2D eigenvalue weighted by Crippen LogP contribution is -2.13. The molecular weight excluding hydrogens is 138 g/mol. The van der Waals surface area contributed by atoms with Gasteiger partial charge in [0.15, 0.2) is 0 Å². The number of aromatic nitrogens is 2. The summed E-state index contributed by atoms with van der Waals surface area (Å²) in [5, 5.41) is 0. The summed E-state index contributed by atoms with van der Waals surface area (Å²) in [6.45, 7) is 5.71. The van der Waals surface area contributed by atoms with Crippen molar-refractivity contribution in [2.75, 3.05) is 6.54 Å². The fraction of sp³-hybridized carbons (Fsp3) is 0.625. The summed E-state index contributed by atoms with van der Waals surface area (Å²) in [4.78, 5) is 4.21. The SMILES string of the molecule is CCc1cnc(C)n1CCN. The molecule has 1 aromatic heterocycles. The van der Waals surface area contributed by atoms with E-state index in [4.69, 9.17) is 5.73 Å². The van der Waals surface area contributed by atoms with Gasteiger partial charge in [0.1, 0.15) is 5.82 Å². The van der Waals surface area contributed by atoms with Gasteiger partial charge in [-0.05, 0) is 13.3 Å². The second-order valence-electron chi connectivity index (χ2n) is 2.59. The van der Waals surface area contributed by atoms with E-state index in [-0.39, 0.29) is 0 Å². The molecule has 62 valence electrons. The van der Waals surface area contributed by atoms with Crippen molar-refractivity contribution in [1.29, 1.82) is 0 Å².